The lowest BCUT2D eigenvalue weighted by Crippen LogP contribution is -2.19. The lowest BCUT2D eigenvalue weighted by atomic mass is 9.93. The molecule has 9 heteroatoms. The summed E-state index contributed by atoms with van der Waals surface area (Å²) in [5.41, 5.74) is 1.79. The van der Waals surface area contributed by atoms with Crippen molar-refractivity contribution in [2.45, 2.75) is 39.0 Å². The summed E-state index contributed by atoms with van der Waals surface area (Å²) in [6.07, 6.45) is 1.84. The van der Waals surface area contributed by atoms with Crippen molar-refractivity contribution in [3.8, 4) is 11.3 Å². The molecule has 1 saturated carbocycles. The van der Waals surface area contributed by atoms with Crippen LogP contribution in [0.2, 0.25) is 0 Å². The van der Waals surface area contributed by atoms with Crippen molar-refractivity contribution in [3.63, 3.8) is 0 Å². The van der Waals surface area contributed by atoms with Gasteiger partial charge in [0.1, 0.15) is 11.5 Å². The molecule has 3 amide bonds. The Balaban J connectivity index is 1.34. The zero-order chi connectivity index (χ0) is 21.3. The van der Waals surface area contributed by atoms with Gasteiger partial charge in [0.25, 0.3) is 0 Å². The van der Waals surface area contributed by atoms with Crippen LogP contribution in [0.3, 0.4) is 0 Å². The highest BCUT2D eigenvalue weighted by Crippen LogP contribution is 2.31. The maximum Gasteiger partial charge on any atom is 0.324 e. The van der Waals surface area contributed by atoms with Gasteiger partial charge in [-0.05, 0) is 25.0 Å². The average molecular weight is 409 g/mol. The lowest BCUT2D eigenvalue weighted by molar-refractivity contribution is -0.117. The lowest BCUT2D eigenvalue weighted by Gasteiger charge is -2.12. The summed E-state index contributed by atoms with van der Waals surface area (Å²) >= 11 is 0. The first-order chi connectivity index (χ1) is 14.3. The van der Waals surface area contributed by atoms with Crippen molar-refractivity contribution < 1.29 is 18.6 Å². The topological polar surface area (TPSA) is 122 Å². The summed E-state index contributed by atoms with van der Waals surface area (Å²) in [6.45, 7) is 5.99. The number of carbonyl (C=O) groups excluding carboxylic acids is 2. The van der Waals surface area contributed by atoms with Crippen LogP contribution in [0.15, 0.2) is 45.4 Å². The molecule has 4 rings (SSSR count). The number of urea groups is 1. The molecule has 2 heterocycles. The molecule has 0 spiro atoms. The molecule has 1 aliphatic rings. The quantitative estimate of drug-likeness (QED) is 0.565. The van der Waals surface area contributed by atoms with Crippen LogP contribution in [0.4, 0.5) is 22.2 Å². The fourth-order valence-electron chi connectivity index (χ4n) is 2.73. The molecule has 1 aromatic carbocycles. The van der Waals surface area contributed by atoms with E-state index in [-0.39, 0.29) is 17.2 Å². The predicted molar refractivity (Wildman–Crippen MR) is 111 cm³/mol. The number of nitrogens with zero attached hydrogens (tertiary/aromatic N) is 2. The molecule has 2 aromatic heterocycles. The van der Waals surface area contributed by atoms with Crippen molar-refractivity contribution >= 4 is 29.3 Å². The van der Waals surface area contributed by atoms with E-state index in [1.165, 1.54) is 0 Å². The minimum atomic E-state index is -0.428. The van der Waals surface area contributed by atoms with Crippen molar-refractivity contribution in [2.24, 2.45) is 5.92 Å². The molecular formula is C21H23N5O4. The highest BCUT2D eigenvalue weighted by molar-refractivity contribution is 5.99. The molecular weight excluding hydrogens is 386 g/mol. The molecule has 1 aliphatic carbocycles. The van der Waals surface area contributed by atoms with Gasteiger partial charge in [-0.15, -0.1) is 0 Å². The van der Waals surface area contributed by atoms with Gasteiger partial charge in [0.05, 0.1) is 0 Å². The fourth-order valence-corrected chi connectivity index (χ4v) is 2.73. The summed E-state index contributed by atoms with van der Waals surface area (Å²) < 4.78 is 10.4. The van der Waals surface area contributed by atoms with Gasteiger partial charge in [0.15, 0.2) is 5.82 Å². The Morgan fingerprint density at radius 3 is 2.33 bits per heavy atom. The molecule has 9 nitrogen and oxygen atoms in total. The highest BCUT2D eigenvalue weighted by atomic mass is 16.5. The molecule has 0 aliphatic heterocycles. The Labute approximate surface area is 173 Å². The smallest absolute Gasteiger partial charge is 0.324 e. The Morgan fingerprint density at radius 1 is 0.967 bits per heavy atom. The third-order valence-electron chi connectivity index (χ3n) is 4.63. The molecule has 0 unspecified atom stereocenters. The van der Waals surface area contributed by atoms with Crippen molar-refractivity contribution in [2.75, 3.05) is 16.0 Å². The number of amides is 3. The minimum Gasteiger partial charge on any atom is -0.359 e. The number of benzene rings is 1. The largest absolute Gasteiger partial charge is 0.359 e. The summed E-state index contributed by atoms with van der Waals surface area (Å²) in [5, 5.41) is 15.9. The van der Waals surface area contributed by atoms with Crippen LogP contribution in [0, 0.1) is 5.92 Å². The van der Waals surface area contributed by atoms with Crippen LogP contribution in [0.1, 0.15) is 39.4 Å². The average Bonchev–Trinajstić information content (AvgIpc) is 3.26. The van der Waals surface area contributed by atoms with Crippen molar-refractivity contribution in [1.29, 1.82) is 0 Å². The minimum absolute atomic E-state index is 0.0370. The van der Waals surface area contributed by atoms with Gasteiger partial charge in [-0.25, -0.2) is 4.79 Å². The number of hydrogen-bond acceptors (Lipinski definition) is 6. The second-order valence-electron chi connectivity index (χ2n) is 8.32. The van der Waals surface area contributed by atoms with Gasteiger partial charge < -0.3 is 14.4 Å². The molecule has 0 radical (unpaired) electrons. The first-order valence-electron chi connectivity index (χ1n) is 9.71. The molecule has 0 saturated heterocycles. The summed E-state index contributed by atoms with van der Waals surface area (Å²) in [7, 11) is 0. The summed E-state index contributed by atoms with van der Waals surface area (Å²) in [4.78, 5) is 24.0. The first-order valence-corrected chi connectivity index (χ1v) is 9.71. The Bertz CT molecular complexity index is 1060. The monoisotopic (exact) mass is 409 g/mol. The van der Waals surface area contributed by atoms with E-state index in [1.807, 2.05) is 20.8 Å². The fraction of sp³-hybridized carbons (Fsp3) is 0.333. The Hall–Kier alpha value is -3.62. The van der Waals surface area contributed by atoms with Gasteiger partial charge in [0.2, 0.25) is 11.8 Å². The van der Waals surface area contributed by atoms with Gasteiger partial charge in [-0.3, -0.25) is 15.4 Å². The van der Waals surface area contributed by atoms with E-state index in [2.05, 4.69) is 26.3 Å². The third kappa shape index (κ3) is 4.68. The molecule has 156 valence electrons. The number of carbonyl (C=O) groups is 2. The van der Waals surface area contributed by atoms with E-state index in [9.17, 15) is 9.59 Å². The highest BCUT2D eigenvalue weighted by Gasteiger charge is 2.30. The van der Waals surface area contributed by atoms with Crippen LogP contribution < -0.4 is 16.0 Å². The molecule has 0 bridgehead atoms. The van der Waals surface area contributed by atoms with Crippen LogP contribution in [0.25, 0.3) is 11.3 Å². The zero-order valence-corrected chi connectivity index (χ0v) is 17.0. The van der Waals surface area contributed by atoms with Gasteiger partial charge in [0, 0.05) is 34.7 Å². The molecule has 1 fully saturated rings. The number of hydrogen-bond donors (Lipinski definition) is 3. The van der Waals surface area contributed by atoms with Crippen LogP contribution >= 0.6 is 0 Å². The van der Waals surface area contributed by atoms with Crippen molar-refractivity contribution in [3.05, 3.63) is 42.2 Å². The van der Waals surface area contributed by atoms with Crippen LogP contribution in [-0.4, -0.2) is 22.3 Å². The molecule has 3 aromatic rings. The maximum atomic E-state index is 12.2. The van der Waals surface area contributed by atoms with E-state index in [0.29, 0.717) is 28.8 Å². The number of rotatable bonds is 5. The molecule has 30 heavy (non-hydrogen) atoms. The SMILES string of the molecule is CC(C)(C)c1cc(NC(=O)Nc2ccc(-c3cc(NC(=O)C4CC4)on3)cc2)no1. The van der Waals surface area contributed by atoms with Gasteiger partial charge in [-0.2, -0.15) is 0 Å². The number of anilines is 3. The summed E-state index contributed by atoms with van der Waals surface area (Å²) in [6, 6.07) is 10.0. The van der Waals surface area contributed by atoms with E-state index >= 15 is 0 Å². The van der Waals surface area contributed by atoms with Gasteiger partial charge in [-0.1, -0.05) is 43.2 Å². The first kappa shape index (κ1) is 19.7. The number of nitrogens with one attached hydrogen (secondary N) is 3. The molecule has 0 atom stereocenters. The second-order valence-corrected chi connectivity index (χ2v) is 8.32. The number of aromatic nitrogens is 2. The molecule has 3 N–H and O–H groups in total. The van der Waals surface area contributed by atoms with Crippen molar-refractivity contribution in [1.82, 2.24) is 10.3 Å². The van der Waals surface area contributed by atoms with E-state index in [1.54, 1.807) is 36.4 Å². The van der Waals surface area contributed by atoms with E-state index in [0.717, 1.165) is 18.4 Å². The predicted octanol–water partition coefficient (Wildman–Crippen LogP) is 4.62. The second kappa shape index (κ2) is 7.66. The van der Waals surface area contributed by atoms with Crippen LogP contribution in [-0.2, 0) is 10.2 Å². The summed E-state index contributed by atoms with van der Waals surface area (Å²) in [5.74, 6) is 1.41. The third-order valence-corrected chi connectivity index (χ3v) is 4.63. The zero-order valence-electron chi connectivity index (χ0n) is 17.0. The Morgan fingerprint density at radius 2 is 1.70 bits per heavy atom. The Kier molecular flexibility index (Phi) is 5.03. The van der Waals surface area contributed by atoms with E-state index < -0.39 is 6.03 Å². The standard InChI is InChI=1S/C21H23N5O4/c1-21(2,3)16-11-17(26-29-16)23-20(28)22-14-8-6-12(7-9-14)15-10-18(30-25-15)24-19(27)13-4-5-13/h6-11,13H,4-5H2,1-3H3,(H,24,27)(H2,22,23,26,28). The van der Waals surface area contributed by atoms with Gasteiger partial charge >= 0.3 is 6.03 Å². The normalized spacial score (nSPS) is 13.7. The van der Waals surface area contributed by atoms with E-state index in [4.69, 9.17) is 9.05 Å². The maximum absolute atomic E-state index is 12.2. The van der Waals surface area contributed by atoms with Crippen LogP contribution in [0.5, 0.6) is 0 Å².